The minimum absolute atomic E-state index is 0.0842. The molecule has 2 atom stereocenters. The van der Waals surface area contributed by atoms with Gasteiger partial charge in [-0.1, -0.05) is 42.5 Å². The molecule has 1 fully saturated rings. The average molecular weight is 277 g/mol. The Labute approximate surface area is 115 Å². The molecule has 20 heavy (non-hydrogen) atoms. The third kappa shape index (κ3) is 2.64. The van der Waals surface area contributed by atoms with E-state index in [0.717, 1.165) is 12.5 Å². The number of alkyl halides is 3. The van der Waals surface area contributed by atoms with E-state index < -0.39 is 11.7 Å². The zero-order chi connectivity index (χ0) is 14.2. The Balaban J connectivity index is 1.75. The summed E-state index contributed by atoms with van der Waals surface area (Å²) in [4.78, 5) is 0. The van der Waals surface area contributed by atoms with Crippen molar-refractivity contribution >= 4 is 5.69 Å². The molecule has 0 aliphatic heterocycles. The number of hydrogen-bond donors (Lipinski definition) is 1. The number of hydrogen-bond acceptors (Lipinski definition) is 1. The zero-order valence-corrected chi connectivity index (χ0v) is 10.7. The lowest BCUT2D eigenvalue weighted by molar-refractivity contribution is -0.136. The van der Waals surface area contributed by atoms with Crippen molar-refractivity contribution in [3.05, 3.63) is 65.7 Å². The molecule has 2 aromatic carbocycles. The van der Waals surface area contributed by atoms with Crippen LogP contribution in [-0.2, 0) is 6.18 Å². The van der Waals surface area contributed by atoms with E-state index in [0.29, 0.717) is 5.92 Å². The molecule has 0 heterocycles. The van der Waals surface area contributed by atoms with Crippen LogP contribution in [0.5, 0.6) is 0 Å². The summed E-state index contributed by atoms with van der Waals surface area (Å²) in [7, 11) is 0. The van der Waals surface area contributed by atoms with Crippen LogP contribution in [0, 0.1) is 0 Å². The zero-order valence-electron chi connectivity index (χ0n) is 10.7. The Morgan fingerprint density at radius 2 is 1.55 bits per heavy atom. The van der Waals surface area contributed by atoms with E-state index in [9.17, 15) is 13.2 Å². The molecule has 3 rings (SSSR count). The fraction of sp³-hybridized carbons (Fsp3) is 0.250. The first-order valence-electron chi connectivity index (χ1n) is 6.53. The van der Waals surface area contributed by atoms with Crippen LogP contribution in [0.1, 0.15) is 23.5 Å². The lowest BCUT2D eigenvalue weighted by atomic mass is 10.1. The summed E-state index contributed by atoms with van der Waals surface area (Å²) in [6, 6.07) is 15.6. The van der Waals surface area contributed by atoms with Crippen LogP contribution in [0.4, 0.5) is 18.9 Å². The maximum absolute atomic E-state index is 12.9. The fourth-order valence-corrected chi connectivity index (χ4v) is 2.48. The first-order valence-corrected chi connectivity index (χ1v) is 6.53. The highest BCUT2D eigenvalue weighted by atomic mass is 19.4. The highest BCUT2D eigenvalue weighted by Crippen LogP contribution is 2.44. The monoisotopic (exact) mass is 277 g/mol. The normalized spacial score (nSPS) is 21.6. The van der Waals surface area contributed by atoms with Gasteiger partial charge >= 0.3 is 6.18 Å². The topological polar surface area (TPSA) is 12.0 Å². The van der Waals surface area contributed by atoms with Crippen molar-refractivity contribution in [2.75, 3.05) is 5.32 Å². The molecule has 1 N–H and O–H groups in total. The van der Waals surface area contributed by atoms with Crippen LogP contribution in [0.2, 0.25) is 0 Å². The second-order valence-electron chi connectivity index (χ2n) is 5.05. The Kier molecular flexibility index (Phi) is 3.16. The van der Waals surface area contributed by atoms with Crippen molar-refractivity contribution in [2.24, 2.45) is 0 Å². The van der Waals surface area contributed by atoms with Crippen molar-refractivity contribution in [1.29, 1.82) is 0 Å². The molecule has 104 valence electrons. The molecular weight excluding hydrogens is 263 g/mol. The standard InChI is InChI=1S/C16H14F3N/c17-16(18,19)13-8-4-5-9-14(13)20-15-10-12(15)11-6-2-1-3-7-11/h1-9,12,15,20H,10H2. The third-order valence-electron chi connectivity index (χ3n) is 3.59. The maximum Gasteiger partial charge on any atom is 0.418 e. The number of rotatable bonds is 3. The Hall–Kier alpha value is -1.97. The molecule has 0 aromatic heterocycles. The molecule has 0 saturated heterocycles. The lowest BCUT2D eigenvalue weighted by Gasteiger charge is -2.14. The molecule has 2 aromatic rings. The van der Waals surface area contributed by atoms with Crippen LogP contribution in [0.25, 0.3) is 0 Å². The molecule has 2 unspecified atom stereocenters. The Morgan fingerprint density at radius 1 is 0.900 bits per heavy atom. The second-order valence-corrected chi connectivity index (χ2v) is 5.05. The van der Waals surface area contributed by atoms with Crippen molar-refractivity contribution in [2.45, 2.75) is 24.6 Å². The lowest BCUT2D eigenvalue weighted by Crippen LogP contribution is -2.12. The van der Waals surface area contributed by atoms with Gasteiger partial charge in [0.2, 0.25) is 0 Å². The summed E-state index contributed by atoms with van der Waals surface area (Å²) in [5.74, 6) is 0.303. The number of para-hydroxylation sites is 1. The van der Waals surface area contributed by atoms with Crippen molar-refractivity contribution in [3.63, 3.8) is 0 Å². The summed E-state index contributed by atoms with van der Waals surface area (Å²) in [6.07, 6.45) is -3.45. The van der Waals surface area contributed by atoms with Gasteiger partial charge in [0.15, 0.2) is 0 Å². The van der Waals surface area contributed by atoms with Gasteiger partial charge in [0.1, 0.15) is 0 Å². The maximum atomic E-state index is 12.9. The van der Waals surface area contributed by atoms with Gasteiger partial charge in [-0.2, -0.15) is 13.2 Å². The van der Waals surface area contributed by atoms with E-state index in [1.807, 2.05) is 30.3 Å². The van der Waals surface area contributed by atoms with Gasteiger partial charge < -0.3 is 5.32 Å². The predicted octanol–water partition coefficient (Wildman–Crippen LogP) is 4.67. The highest BCUT2D eigenvalue weighted by molar-refractivity contribution is 5.55. The number of nitrogens with one attached hydrogen (secondary N) is 1. The fourth-order valence-electron chi connectivity index (χ4n) is 2.48. The highest BCUT2D eigenvalue weighted by Gasteiger charge is 2.40. The molecule has 1 aliphatic rings. The molecular formula is C16H14F3N. The molecule has 1 nitrogen and oxygen atoms in total. The van der Waals surface area contributed by atoms with Gasteiger partial charge in [-0.15, -0.1) is 0 Å². The summed E-state index contributed by atoms with van der Waals surface area (Å²) in [5, 5.41) is 3.02. The van der Waals surface area contributed by atoms with E-state index in [-0.39, 0.29) is 11.7 Å². The molecule has 0 spiro atoms. The second kappa shape index (κ2) is 4.85. The van der Waals surface area contributed by atoms with Crippen LogP contribution in [-0.4, -0.2) is 6.04 Å². The molecule has 4 heteroatoms. The van der Waals surface area contributed by atoms with E-state index >= 15 is 0 Å². The van der Waals surface area contributed by atoms with Gasteiger partial charge in [0.05, 0.1) is 5.56 Å². The molecule has 1 aliphatic carbocycles. The minimum Gasteiger partial charge on any atom is -0.381 e. The molecule has 0 radical (unpaired) electrons. The van der Waals surface area contributed by atoms with Gasteiger partial charge in [0.25, 0.3) is 0 Å². The van der Waals surface area contributed by atoms with E-state index in [1.54, 1.807) is 6.07 Å². The van der Waals surface area contributed by atoms with Crippen molar-refractivity contribution in [3.8, 4) is 0 Å². The van der Waals surface area contributed by atoms with Crippen molar-refractivity contribution in [1.82, 2.24) is 0 Å². The van der Waals surface area contributed by atoms with Gasteiger partial charge in [-0.05, 0) is 24.1 Å². The quantitative estimate of drug-likeness (QED) is 0.859. The minimum atomic E-state index is -4.32. The van der Waals surface area contributed by atoms with E-state index in [4.69, 9.17) is 0 Å². The molecule has 1 saturated carbocycles. The molecule has 0 bridgehead atoms. The van der Waals surface area contributed by atoms with Crippen LogP contribution >= 0.6 is 0 Å². The Morgan fingerprint density at radius 3 is 2.25 bits per heavy atom. The summed E-state index contributed by atoms with van der Waals surface area (Å²) in [5.41, 5.74) is 0.747. The first kappa shape index (κ1) is 13.0. The first-order chi connectivity index (χ1) is 9.55. The van der Waals surface area contributed by atoms with Crippen LogP contribution in [0.15, 0.2) is 54.6 Å². The molecule has 0 amide bonds. The summed E-state index contributed by atoms with van der Waals surface area (Å²) >= 11 is 0. The summed E-state index contributed by atoms with van der Waals surface area (Å²) in [6.45, 7) is 0. The summed E-state index contributed by atoms with van der Waals surface area (Å²) < 4.78 is 38.7. The van der Waals surface area contributed by atoms with E-state index in [1.165, 1.54) is 17.7 Å². The third-order valence-corrected chi connectivity index (χ3v) is 3.59. The van der Waals surface area contributed by atoms with Gasteiger partial charge in [0, 0.05) is 17.6 Å². The smallest absolute Gasteiger partial charge is 0.381 e. The van der Waals surface area contributed by atoms with Gasteiger partial charge in [-0.3, -0.25) is 0 Å². The Bertz CT molecular complexity index is 592. The van der Waals surface area contributed by atoms with Crippen LogP contribution < -0.4 is 5.32 Å². The predicted molar refractivity (Wildman–Crippen MR) is 72.7 cm³/mol. The number of halogens is 3. The largest absolute Gasteiger partial charge is 0.418 e. The van der Waals surface area contributed by atoms with E-state index in [2.05, 4.69) is 5.32 Å². The van der Waals surface area contributed by atoms with Crippen molar-refractivity contribution < 1.29 is 13.2 Å². The average Bonchev–Trinajstić information content (AvgIpc) is 3.18. The number of benzene rings is 2. The van der Waals surface area contributed by atoms with Crippen LogP contribution in [0.3, 0.4) is 0 Å². The van der Waals surface area contributed by atoms with Gasteiger partial charge in [-0.25, -0.2) is 0 Å². The SMILES string of the molecule is FC(F)(F)c1ccccc1NC1CC1c1ccccc1. The number of anilines is 1.